The number of hydrogen-bond acceptors (Lipinski definition) is 7. The van der Waals surface area contributed by atoms with Crippen LogP contribution in [0.2, 0.25) is 0 Å². The van der Waals surface area contributed by atoms with Crippen molar-refractivity contribution in [2.45, 2.75) is 43.9 Å². The van der Waals surface area contributed by atoms with Crippen molar-refractivity contribution in [3.05, 3.63) is 82.8 Å². The van der Waals surface area contributed by atoms with Gasteiger partial charge in [-0.3, -0.25) is 15.0 Å². The molecule has 3 N–H and O–H groups in total. The maximum atomic E-state index is 10.7. The summed E-state index contributed by atoms with van der Waals surface area (Å²) in [5.41, 5.74) is 6.48. The van der Waals surface area contributed by atoms with Gasteiger partial charge in [-0.25, -0.2) is 4.98 Å². The molecular formula is C29H33N7O. The predicted molar refractivity (Wildman–Crippen MR) is 147 cm³/mol. The Morgan fingerprint density at radius 3 is 2.78 bits per heavy atom. The minimum absolute atomic E-state index is 0.169. The van der Waals surface area contributed by atoms with Crippen molar-refractivity contribution in [3.63, 3.8) is 0 Å². The Morgan fingerprint density at radius 2 is 1.97 bits per heavy atom. The van der Waals surface area contributed by atoms with Crippen LogP contribution in [0.4, 0.5) is 11.5 Å². The van der Waals surface area contributed by atoms with Crippen molar-refractivity contribution in [1.82, 2.24) is 20.2 Å². The monoisotopic (exact) mass is 495 g/mol. The Hall–Kier alpha value is -3.62. The second-order valence-electron chi connectivity index (χ2n) is 10.1. The minimum Gasteiger partial charge on any atom is -0.390 e. The number of pyridine rings is 2. The highest BCUT2D eigenvalue weighted by molar-refractivity contribution is 6.04. The highest BCUT2D eigenvalue weighted by Gasteiger charge is 2.32. The summed E-state index contributed by atoms with van der Waals surface area (Å²) >= 11 is 0. The number of aromatic nitrogens is 2. The van der Waals surface area contributed by atoms with Crippen molar-refractivity contribution >= 4 is 24.1 Å². The first-order valence-corrected chi connectivity index (χ1v) is 13.1. The molecule has 2 fully saturated rings. The molecule has 0 spiro atoms. The molecule has 1 aliphatic heterocycles. The van der Waals surface area contributed by atoms with Crippen LogP contribution in [0.1, 0.15) is 52.6 Å². The summed E-state index contributed by atoms with van der Waals surface area (Å²) in [6.45, 7) is 7.98. The van der Waals surface area contributed by atoms with E-state index in [1.165, 1.54) is 24.0 Å². The molecule has 1 saturated carbocycles. The maximum Gasteiger partial charge on any atom is 0.133 e. The standard InChI is InChI=1S/C29H33N7O/c1-30-24-18-32-17-23(20-6-7-20)27(24)29(36-12-10-31-11-13-36)34-16-19-8-9-33-26(14-19)35-28-22-5-3-2-4-21(22)15-25(28)37/h2-5,8-9,14,17-18,20,25,28,31,37H,1,6-7,10-13,15-16H2,(H,33,35)/b34-29+. The van der Waals surface area contributed by atoms with E-state index < -0.39 is 6.10 Å². The lowest BCUT2D eigenvalue weighted by Crippen LogP contribution is -2.47. The third kappa shape index (κ3) is 4.99. The summed E-state index contributed by atoms with van der Waals surface area (Å²) in [5.74, 6) is 2.24. The van der Waals surface area contributed by atoms with E-state index in [9.17, 15) is 5.11 Å². The second-order valence-corrected chi connectivity index (χ2v) is 10.1. The van der Waals surface area contributed by atoms with E-state index in [0.29, 0.717) is 18.9 Å². The summed E-state index contributed by atoms with van der Waals surface area (Å²) in [6.07, 6.45) is 8.13. The largest absolute Gasteiger partial charge is 0.390 e. The summed E-state index contributed by atoms with van der Waals surface area (Å²) in [4.78, 5) is 20.9. The van der Waals surface area contributed by atoms with Crippen molar-refractivity contribution < 1.29 is 5.11 Å². The van der Waals surface area contributed by atoms with Crippen LogP contribution in [0.25, 0.3) is 0 Å². The van der Waals surface area contributed by atoms with Gasteiger partial charge >= 0.3 is 0 Å². The first kappa shape index (κ1) is 23.8. The SMILES string of the molecule is C=Nc1cncc(C2CC2)c1/C(=N\Cc1ccnc(NC2c3ccccc3CC2O)c1)N1CCNCC1. The Morgan fingerprint density at radius 1 is 1.14 bits per heavy atom. The Kier molecular flexibility index (Phi) is 6.68. The average Bonchev–Trinajstić information content (AvgIpc) is 3.74. The van der Waals surface area contributed by atoms with Gasteiger partial charge < -0.3 is 20.6 Å². The first-order chi connectivity index (χ1) is 18.2. The zero-order valence-corrected chi connectivity index (χ0v) is 21.0. The fourth-order valence-corrected chi connectivity index (χ4v) is 5.47. The molecule has 1 aromatic carbocycles. The number of amidine groups is 1. The molecule has 2 aliphatic carbocycles. The van der Waals surface area contributed by atoms with Crippen LogP contribution >= 0.6 is 0 Å². The van der Waals surface area contributed by atoms with Crippen LogP contribution in [0, 0.1) is 0 Å². The van der Waals surface area contributed by atoms with E-state index in [-0.39, 0.29) is 6.04 Å². The van der Waals surface area contributed by atoms with Gasteiger partial charge in [0.1, 0.15) is 11.7 Å². The number of fused-ring (bicyclic) bond motifs is 1. The van der Waals surface area contributed by atoms with Gasteiger partial charge in [-0.1, -0.05) is 24.3 Å². The van der Waals surface area contributed by atoms with Crippen LogP contribution in [-0.4, -0.2) is 64.8 Å². The van der Waals surface area contributed by atoms with E-state index in [0.717, 1.165) is 60.2 Å². The number of rotatable bonds is 7. The number of piperazine rings is 1. The van der Waals surface area contributed by atoms with Crippen molar-refractivity contribution in [1.29, 1.82) is 0 Å². The fourth-order valence-electron chi connectivity index (χ4n) is 5.47. The van der Waals surface area contributed by atoms with E-state index in [2.05, 4.69) is 49.3 Å². The molecule has 3 aromatic rings. The minimum atomic E-state index is -0.474. The molecule has 3 aliphatic rings. The molecule has 190 valence electrons. The molecule has 8 nitrogen and oxygen atoms in total. The number of anilines is 1. The normalized spacial score (nSPS) is 21.5. The maximum absolute atomic E-state index is 10.7. The lowest BCUT2D eigenvalue weighted by Gasteiger charge is -2.32. The summed E-state index contributed by atoms with van der Waals surface area (Å²) in [7, 11) is 0. The lowest BCUT2D eigenvalue weighted by atomic mass is 10.0. The van der Waals surface area contributed by atoms with E-state index in [1.807, 2.05) is 36.7 Å². The topological polar surface area (TPSA) is 98.0 Å². The van der Waals surface area contributed by atoms with Gasteiger partial charge in [-0.05, 0) is 59.9 Å². The van der Waals surface area contributed by atoms with Crippen LogP contribution in [0.15, 0.2) is 65.0 Å². The van der Waals surface area contributed by atoms with Gasteiger partial charge in [0, 0.05) is 50.6 Å². The molecule has 2 aromatic heterocycles. The molecule has 2 atom stereocenters. The highest BCUT2D eigenvalue weighted by atomic mass is 16.3. The molecule has 3 heterocycles. The van der Waals surface area contributed by atoms with Gasteiger partial charge in [0.15, 0.2) is 0 Å². The number of benzene rings is 1. The molecular weight excluding hydrogens is 462 g/mol. The van der Waals surface area contributed by atoms with Gasteiger partial charge in [0.2, 0.25) is 0 Å². The average molecular weight is 496 g/mol. The zero-order valence-electron chi connectivity index (χ0n) is 21.0. The van der Waals surface area contributed by atoms with Crippen molar-refractivity contribution in [3.8, 4) is 0 Å². The first-order valence-electron chi connectivity index (χ1n) is 13.1. The highest BCUT2D eigenvalue weighted by Crippen LogP contribution is 2.43. The third-order valence-corrected chi connectivity index (χ3v) is 7.53. The van der Waals surface area contributed by atoms with Gasteiger partial charge in [0.05, 0.1) is 30.6 Å². The van der Waals surface area contributed by atoms with Crippen molar-refractivity contribution in [2.75, 3.05) is 31.5 Å². The molecule has 0 amide bonds. The molecule has 37 heavy (non-hydrogen) atoms. The molecule has 1 saturated heterocycles. The molecule has 8 heteroatoms. The van der Waals surface area contributed by atoms with Crippen LogP contribution in [0.5, 0.6) is 0 Å². The Bertz CT molecular complexity index is 1310. The van der Waals surface area contributed by atoms with Gasteiger partial charge in [0.25, 0.3) is 0 Å². The van der Waals surface area contributed by atoms with E-state index in [1.54, 1.807) is 6.20 Å². The smallest absolute Gasteiger partial charge is 0.133 e. The predicted octanol–water partition coefficient (Wildman–Crippen LogP) is 3.61. The molecule has 6 rings (SSSR count). The third-order valence-electron chi connectivity index (χ3n) is 7.53. The summed E-state index contributed by atoms with van der Waals surface area (Å²) in [5, 5.41) is 17.6. The second kappa shape index (κ2) is 10.4. The number of nitrogens with one attached hydrogen (secondary N) is 2. The Balaban J connectivity index is 1.29. The van der Waals surface area contributed by atoms with E-state index in [4.69, 9.17) is 4.99 Å². The lowest BCUT2D eigenvalue weighted by molar-refractivity contribution is 0.165. The van der Waals surface area contributed by atoms with Crippen LogP contribution in [0.3, 0.4) is 0 Å². The molecule has 0 radical (unpaired) electrons. The molecule has 0 bridgehead atoms. The van der Waals surface area contributed by atoms with Gasteiger partial charge in [-0.15, -0.1) is 0 Å². The summed E-state index contributed by atoms with van der Waals surface area (Å²) < 4.78 is 0. The zero-order chi connectivity index (χ0) is 25.2. The fraction of sp³-hybridized carbons (Fsp3) is 0.379. The van der Waals surface area contributed by atoms with Crippen molar-refractivity contribution in [2.24, 2.45) is 9.98 Å². The van der Waals surface area contributed by atoms with Gasteiger partial charge in [-0.2, -0.15) is 0 Å². The van der Waals surface area contributed by atoms with Crippen LogP contribution in [-0.2, 0) is 13.0 Å². The number of aliphatic hydroxyl groups excluding tert-OH is 1. The number of hydrogen-bond donors (Lipinski definition) is 3. The Labute approximate surface area is 217 Å². The molecule has 2 unspecified atom stereocenters. The summed E-state index contributed by atoms with van der Waals surface area (Å²) in [6, 6.07) is 12.1. The number of aliphatic imine (C=N–C) groups is 2. The quantitative estimate of drug-likeness (QED) is 0.342. The van der Waals surface area contributed by atoms with E-state index >= 15 is 0 Å². The number of aliphatic hydroxyl groups is 1. The number of nitrogens with zero attached hydrogens (tertiary/aromatic N) is 5. The van der Waals surface area contributed by atoms with Crippen LogP contribution < -0.4 is 10.6 Å².